The summed E-state index contributed by atoms with van der Waals surface area (Å²) in [7, 11) is 0. The van der Waals surface area contributed by atoms with Crippen molar-refractivity contribution in [2.75, 3.05) is 13.2 Å². The van der Waals surface area contributed by atoms with Gasteiger partial charge in [-0.1, -0.05) is 36.8 Å². The zero-order valence-electron chi connectivity index (χ0n) is 17.4. The fraction of sp³-hybridized carbons (Fsp3) is 0.682. The van der Waals surface area contributed by atoms with E-state index in [4.69, 9.17) is 9.47 Å². The van der Waals surface area contributed by atoms with Crippen molar-refractivity contribution in [2.45, 2.75) is 83.8 Å². The van der Waals surface area contributed by atoms with Crippen LogP contribution >= 0.6 is 0 Å². The second kappa shape index (κ2) is 7.80. The summed E-state index contributed by atoms with van der Waals surface area (Å²) in [6, 6.07) is 10.8. The molecule has 3 rings (SSSR count). The van der Waals surface area contributed by atoms with Crippen molar-refractivity contribution < 1.29 is 14.3 Å². The number of hydrogen-bond donors (Lipinski definition) is 0. The van der Waals surface area contributed by atoms with Crippen molar-refractivity contribution in [3.05, 3.63) is 35.9 Å². The fourth-order valence-electron chi connectivity index (χ4n) is 4.53. The minimum absolute atomic E-state index is 0.159. The highest BCUT2D eigenvalue weighted by Gasteiger charge is 2.50. The summed E-state index contributed by atoms with van der Waals surface area (Å²) in [6.45, 7) is 12.4. The lowest BCUT2D eigenvalue weighted by molar-refractivity contribution is -0.0669. The number of ether oxygens (including phenoxy) is 2. The summed E-state index contributed by atoms with van der Waals surface area (Å²) in [4.78, 5) is 17.2. The number of carbonyl (C=O) groups excluding carboxylic acids is 1. The average molecular weight is 375 g/mol. The van der Waals surface area contributed by atoms with Gasteiger partial charge in [0.1, 0.15) is 11.8 Å². The monoisotopic (exact) mass is 374 g/mol. The topological polar surface area (TPSA) is 42.0 Å². The maximum atomic E-state index is 13.0. The molecule has 2 aliphatic rings. The minimum Gasteiger partial charge on any atom is -0.445 e. The van der Waals surface area contributed by atoms with Crippen LogP contribution < -0.4 is 0 Å². The lowest BCUT2D eigenvalue weighted by Crippen LogP contribution is -2.55. The van der Waals surface area contributed by atoms with E-state index in [-0.39, 0.29) is 23.8 Å². The Bertz CT molecular complexity index is 628. The first-order valence-electron chi connectivity index (χ1n) is 10.1. The lowest BCUT2D eigenvalue weighted by atomic mass is 9.97. The highest BCUT2D eigenvalue weighted by molar-refractivity contribution is 5.70. The van der Waals surface area contributed by atoms with Crippen LogP contribution in [-0.4, -0.2) is 52.5 Å². The summed E-state index contributed by atoms with van der Waals surface area (Å²) in [5.41, 5.74) is 0.297. The molecule has 2 aliphatic heterocycles. The highest BCUT2D eigenvalue weighted by atomic mass is 16.6. The van der Waals surface area contributed by atoms with Crippen LogP contribution in [0.5, 0.6) is 0 Å². The number of nitrogens with zero attached hydrogens (tertiary/aromatic N) is 2. The molecule has 1 aromatic rings. The zero-order chi connectivity index (χ0) is 19.7. The van der Waals surface area contributed by atoms with Crippen LogP contribution in [0.25, 0.3) is 0 Å². The summed E-state index contributed by atoms with van der Waals surface area (Å²) >= 11 is 0. The standard InChI is InChI=1S/C22H34N2O3/c1-17(27-20(25)24-21(2,3)16-26-22(24,4)5)19-13-9-10-14-23(19)15-18-11-7-6-8-12-18/h6-8,11-12,17,19H,9-10,13-16H2,1-5H3/t17-,19-/m0/s1. The van der Waals surface area contributed by atoms with E-state index >= 15 is 0 Å². The van der Waals surface area contributed by atoms with Gasteiger partial charge in [0.15, 0.2) is 0 Å². The number of amides is 1. The largest absolute Gasteiger partial charge is 0.445 e. The Hall–Kier alpha value is -1.59. The molecule has 2 fully saturated rings. The van der Waals surface area contributed by atoms with E-state index in [1.54, 1.807) is 4.90 Å². The Balaban J connectivity index is 1.68. The SMILES string of the molecule is C[C@H](OC(=O)N1C(C)(C)COC1(C)C)[C@@H]1CCCCN1Cc1ccccc1. The molecule has 0 unspecified atom stereocenters. The molecule has 27 heavy (non-hydrogen) atoms. The third kappa shape index (κ3) is 4.46. The van der Waals surface area contributed by atoms with Crippen molar-refractivity contribution >= 4 is 6.09 Å². The first-order chi connectivity index (χ1) is 12.7. The van der Waals surface area contributed by atoms with Crippen molar-refractivity contribution in [2.24, 2.45) is 0 Å². The van der Waals surface area contributed by atoms with Gasteiger partial charge in [0.05, 0.1) is 12.1 Å². The number of rotatable bonds is 4. The zero-order valence-corrected chi connectivity index (χ0v) is 17.4. The molecular formula is C22H34N2O3. The molecule has 150 valence electrons. The quantitative estimate of drug-likeness (QED) is 0.783. The van der Waals surface area contributed by atoms with Crippen LogP contribution in [0, 0.1) is 0 Å². The van der Waals surface area contributed by atoms with Crippen LogP contribution in [0.1, 0.15) is 59.4 Å². The van der Waals surface area contributed by atoms with Gasteiger partial charge < -0.3 is 9.47 Å². The molecule has 2 heterocycles. The lowest BCUT2D eigenvalue weighted by Gasteiger charge is -2.41. The molecular weight excluding hydrogens is 340 g/mol. The van der Waals surface area contributed by atoms with Crippen LogP contribution in [0.2, 0.25) is 0 Å². The van der Waals surface area contributed by atoms with Crippen LogP contribution in [0.3, 0.4) is 0 Å². The van der Waals surface area contributed by atoms with Gasteiger partial charge in [0, 0.05) is 12.6 Å². The van der Waals surface area contributed by atoms with E-state index in [1.165, 1.54) is 18.4 Å². The molecule has 0 saturated carbocycles. The summed E-state index contributed by atoms with van der Waals surface area (Å²) in [6.07, 6.45) is 3.00. The third-order valence-electron chi connectivity index (χ3n) is 5.83. The Kier molecular flexibility index (Phi) is 5.82. The molecule has 0 N–H and O–H groups in total. The van der Waals surface area contributed by atoms with Crippen molar-refractivity contribution in [3.8, 4) is 0 Å². The van der Waals surface area contributed by atoms with Gasteiger partial charge in [-0.3, -0.25) is 9.80 Å². The molecule has 0 aromatic heterocycles. The van der Waals surface area contributed by atoms with Crippen LogP contribution in [0.15, 0.2) is 30.3 Å². The molecule has 2 atom stereocenters. The van der Waals surface area contributed by atoms with Gasteiger partial charge in [-0.05, 0) is 59.6 Å². The number of hydrogen-bond acceptors (Lipinski definition) is 4. The van der Waals surface area contributed by atoms with Gasteiger partial charge in [-0.15, -0.1) is 0 Å². The predicted octanol–water partition coefficient (Wildman–Crippen LogP) is 4.41. The summed E-state index contributed by atoms with van der Waals surface area (Å²) < 4.78 is 11.8. The second-order valence-corrected chi connectivity index (χ2v) is 8.99. The van der Waals surface area contributed by atoms with Gasteiger partial charge in [-0.2, -0.15) is 0 Å². The number of carbonyl (C=O) groups is 1. The Morgan fingerprint density at radius 1 is 1.22 bits per heavy atom. The molecule has 0 bridgehead atoms. The van der Waals surface area contributed by atoms with Crippen molar-refractivity contribution in [3.63, 3.8) is 0 Å². The van der Waals surface area contributed by atoms with Gasteiger partial charge >= 0.3 is 6.09 Å². The first kappa shape index (κ1) is 20.2. The van der Waals surface area contributed by atoms with Crippen molar-refractivity contribution in [1.82, 2.24) is 9.80 Å². The van der Waals surface area contributed by atoms with E-state index in [9.17, 15) is 4.79 Å². The molecule has 2 saturated heterocycles. The Morgan fingerprint density at radius 3 is 2.56 bits per heavy atom. The predicted molar refractivity (Wildman–Crippen MR) is 106 cm³/mol. The molecule has 0 aliphatic carbocycles. The number of piperidine rings is 1. The van der Waals surface area contributed by atoms with E-state index in [0.29, 0.717) is 6.61 Å². The van der Waals surface area contributed by atoms with Gasteiger partial charge in [0.25, 0.3) is 0 Å². The Labute approximate surface area is 163 Å². The fourth-order valence-corrected chi connectivity index (χ4v) is 4.53. The number of likely N-dealkylation sites (tertiary alicyclic amines) is 1. The van der Waals surface area contributed by atoms with Crippen LogP contribution in [-0.2, 0) is 16.0 Å². The van der Waals surface area contributed by atoms with E-state index in [2.05, 4.69) is 29.2 Å². The summed E-state index contributed by atoms with van der Waals surface area (Å²) in [5.74, 6) is 0. The van der Waals surface area contributed by atoms with Gasteiger partial charge in [-0.25, -0.2) is 4.79 Å². The average Bonchev–Trinajstić information content (AvgIpc) is 2.84. The second-order valence-electron chi connectivity index (χ2n) is 8.99. The maximum absolute atomic E-state index is 13.0. The summed E-state index contributed by atoms with van der Waals surface area (Å²) in [5, 5.41) is 0. The van der Waals surface area contributed by atoms with Gasteiger partial charge in [0.2, 0.25) is 0 Å². The molecule has 0 radical (unpaired) electrons. The molecule has 1 aromatic carbocycles. The van der Waals surface area contributed by atoms with E-state index < -0.39 is 5.72 Å². The maximum Gasteiger partial charge on any atom is 0.412 e. The van der Waals surface area contributed by atoms with Crippen LogP contribution in [0.4, 0.5) is 4.79 Å². The van der Waals surface area contributed by atoms with E-state index in [1.807, 2.05) is 40.7 Å². The highest BCUT2D eigenvalue weighted by Crippen LogP contribution is 2.35. The smallest absolute Gasteiger partial charge is 0.412 e. The third-order valence-corrected chi connectivity index (χ3v) is 5.83. The molecule has 0 spiro atoms. The van der Waals surface area contributed by atoms with E-state index in [0.717, 1.165) is 19.5 Å². The molecule has 1 amide bonds. The first-order valence-corrected chi connectivity index (χ1v) is 10.1. The minimum atomic E-state index is -0.642. The molecule has 5 nitrogen and oxygen atoms in total. The molecule has 5 heteroatoms. The normalized spacial score (nSPS) is 26.0. The van der Waals surface area contributed by atoms with Crippen molar-refractivity contribution in [1.29, 1.82) is 0 Å². The Morgan fingerprint density at radius 2 is 1.93 bits per heavy atom. The number of benzene rings is 1.